The third-order valence-electron chi connectivity index (χ3n) is 8.76. The number of furan rings is 1. The van der Waals surface area contributed by atoms with Crippen LogP contribution >= 0.6 is 11.6 Å². The standard InChI is InChI=1S/C37H21ClO/c38-31-19-10-20-32-35(31)34-26(22-11-2-1-3-12-22)21-30-33(36(34)39-32)25-15-6-9-18-29(25)37(30)27-16-7-4-13-23(27)24-14-5-8-17-28(24)37/h1-21H. The molecule has 0 saturated carbocycles. The Morgan fingerprint density at radius 2 is 1.08 bits per heavy atom. The van der Waals surface area contributed by atoms with E-state index in [0.29, 0.717) is 5.02 Å². The molecule has 0 N–H and O–H groups in total. The average molecular weight is 517 g/mol. The Hall–Kier alpha value is -4.59. The highest BCUT2D eigenvalue weighted by molar-refractivity contribution is 6.39. The first-order chi connectivity index (χ1) is 19.3. The summed E-state index contributed by atoms with van der Waals surface area (Å²) < 4.78 is 6.79. The first-order valence-corrected chi connectivity index (χ1v) is 13.7. The van der Waals surface area contributed by atoms with Crippen molar-refractivity contribution < 1.29 is 4.42 Å². The van der Waals surface area contributed by atoms with Gasteiger partial charge in [-0.2, -0.15) is 0 Å². The van der Waals surface area contributed by atoms with E-state index in [1.807, 2.05) is 18.2 Å². The van der Waals surface area contributed by atoms with Crippen molar-refractivity contribution in [1.82, 2.24) is 0 Å². The molecule has 2 heteroatoms. The van der Waals surface area contributed by atoms with Crippen LogP contribution < -0.4 is 0 Å². The van der Waals surface area contributed by atoms with E-state index in [-0.39, 0.29) is 0 Å². The summed E-state index contributed by atoms with van der Waals surface area (Å²) in [6, 6.07) is 45.7. The van der Waals surface area contributed by atoms with Gasteiger partial charge >= 0.3 is 0 Å². The topological polar surface area (TPSA) is 13.1 Å². The second-order valence-electron chi connectivity index (χ2n) is 10.5. The Kier molecular flexibility index (Phi) is 4.11. The van der Waals surface area contributed by atoms with Crippen LogP contribution in [0.15, 0.2) is 132 Å². The lowest BCUT2D eigenvalue weighted by molar-refractivity contribution is 0.669. The summed E-state index contributed by atoms with van der Waals surface area (Å²) in [5, 5.41) is 2.76. The van der Waals surface area contributed by atoms with Crippen LogP contribution in [0.4, 0.5) is 0 Å². The van der Waals surface area contributed by atoms with E-state index in [0.717, 1.165) is 33.1 Å². The minimum atomic E-state index is -0.431. The van der Waals surface area contributed by atoms with E-state index in [2.05, 4.69) is 109 Å². The maximum Gasteiger partial charge on any atom is 0.144 e. The number of benzene rings is 6. The molecule has 2 aliphatic rings. The SMILES string of the molecule is Clc1cccc2oc3c4c(cc(-c5ccccc5)c3c12)C1(c2ccccc2-c2ccccc21)c1ccccc1-4. The molecule has 1 spiro atoms. The second kappa shape index (κ2) is 7.50. The zero-order valence-corrected chi connectivity index (χ0v) is 21.7. The summed E-state index contributed by atoms with van der Waals surface area (Å²) in [6.07, 6.45) is 0. The Bertz CT molecular complexity index is 2090. The molecule has 1 aromatic heterocycles. The maximum absolute atomic E-state index is 6.88. The molecule has 7 aromatic rings. The van der Waals surface area contributed by atoms with E-state index in [1.54, 1.807) is 0 Å². The monoisotopic (exact) mass is 516 g/mol. The molecular formula is C37H21ClO. The molecule has 0 bridgehead atoms. The van der Waals surface area contributed by atoms with Crippen LogP contribution in [0.5, 0.6) is 0 Å². The fourth-order valence-electron chi connectivity index (χ4n) is 7.35. The second-order valence-corrected chi connectivity index (χ2v) is 10.9. The molecule has 1 heterocycles. The van der Waals surface area contributed by atoms with Crippen molar-refractivity contribution in [2.75, 3.05) is 0 Å². The third kappa shape index (κ3) is 2.52. The van der Waals surface area contributed by atoms with E-state index in [4.69, 9.17) is 16.0 Å². The van der Waals surface area contributed by atoms with E-state index in [1.165, 1.54) is 44.5 Å². The largest absolute Gasteiger partial charge is 0.455 e. The number of rotatable bonds is 1. The van der Waals surface area contributed by atoms with Gasteiger partial charge in [0.2, 0.25) is 0 Å². The molecule has 0 radical (unpaired) electrons. The minimum absolute atomic E-state index is 0.431. The molecule has 0 aliphatic heterocycles. The molecule has 1 nitrogen and oxygen atoms in total. The zero-order chi connectivity index (χ0) is 25.7. The third-order valence-corrected chi connectivity index (χ3v) is 9.08. The molecule has 2 aliphatic carbocycles. The molecule has 0 saturated heterocycles. The molecule has 0 fully saturated rings. The highest BCUT2D eigenvalue weighted by Crippen LogP contribution is 2.64. The van der Waals surface area contributed by atoms with E-state index >= 15 is 0 Å². The van der Waals surface area contributed by atoms with Gasteiger partial charge in [-0.05, 0) is 68.3 Å². The van der Waals surface area contributed by atoms with Gasteiger partial charge in [-0.1, -0.05) is 121 Å². The van der Waals surface area contributed by atoms with Crippen molar-refractivity contribution in [1.29, 1.82) is 0 Å². The Morgan fingerprint density at radius 1 is 0.487 bits per heavy atom. The fourth-order valence-corrected chi connectivity index (χ4v) is 7.61. The lowest BCUT2D eigenvalue weighted by Crippen LogP contribution is -2.25. The first kappa shape index (κ1) is 21.4. The van der Waals surface area contributed by atoms with Crippen molar-refractivity contribution in [3.05, 3.63) is 155 Å². The van der Waals surface area contributed by atoms with Crippen LogP contribution in [0.25, 0.3) is 55.3 Å². The highest BCUT2D eigenvalue weighted by Gasteiger charge is 2.52. The number of halogens is 1. The van der Waals surface area contributed by atoms with Crippen molar-refractivity contribution in [3.63, 3.8) is 0 Å². The molecule has 9 rings (SSSR count). The normalized spacial score (nSPS) is 14.0. The molecular weight excluding hydrogens is 496 g/mol. The smallest absolute Gasteiger partial charge is 0.144 e. The molecule has 6 aromatic carbocycles. The summed E-state index contributed by atoms with van der Waals surface area (Å²) in [5.41, 5.74) is 13.8. The fraction of sp³-hybridized carbons (Fsp3) is 0.0270. The number of hydrogen-bond donors (Lipinski definition) is 0. The lowest BCUT2D eigenvalue weighted by Gasteiger charge is -2.30. The summed E-state index contributed by atoms with van der Waals surface area (Å²) in [5.74, 6) is 0. The predicted molar refractivity (Wildman–Crippen MR) is 160 cm³/mol. The summed E-state index contributed by atoms with van der Waals surface area (Å²) in [4.78, 5) is 0. The van der Waals surface area contributed by atoms with E-state index < -0.39 is 5.41 Å². The van der Waals surface area contributed by atoms with E-state index in [9.17, 15) is 0 Å². The average Bonchev–Trinajstić information content (AvgIpc) is 3.62. The highest BCUT2D eigenvalue weighted by atomic mass is 35.5. The zero-order valence-electron chi connectivity index (χ0n) is 20.9. The quantitative estimate of drug-likeness (QED) is 0.211. The maximum atomic E-state index is 6.88. The molecule has 0 atom stereocenters. The van der Waals surface area contributed by atoms with Gasteiger partial charge in [0.05, 0.1) is 10.4 Å². The number of fused-ring (bicyclic) bond motifs is 14. The Labute approximate surface area is 230 Å². The molecule has 0 amide bonds. The lowest BCUT2D eigenvalue weighted by atomic mass is 9.70. The summed E-state index contributed by atoms with van der Waals surface area (Å²) in [7, 11) is 0. The van der Waals surface area contributed by atoms with Crippen LogP contribution in [-0.4, -0.2) is 0 Å². The van der Waals surface area contributed by atoms with Crippen LogP contribution in [0.2, 0.25) is 5.02 Å². The summed E-state index contributed by atoms with van der Waals surface area (Å²) >= 11 is 6.88. The van der Waals surface area contributed by atoms with Gasteiger partial charge in [-0.15, -0.1) is 0 Å². The van der Waals surface area contributed by atoms with Crippen molar-refractivity contribution in [3.8, 4) is 33.4 Å². The Morgan fingerprint density at radius 3 is 1.77 bits per heavy atom. The number of hydrogen-bond acceptors (Lipinski definition) is 1. The molecule has 39 heavy (non-hydrogen) atoms. The van der Waals surface area contributed by atoms with Crippen LogP contribution in [0.3, 0.4) is 0 Å². The molecule has 182 valence electrons. The van der Waals surface area contributed by atoms with Gasteiger partial charge in [0.1, 0.15) is 11.2 Å². The molecule has 0 unspecified atom stereocenters. The van der Waals surface area contributed by atoms with Crippen LogP contribution in [-0.2, 0) is 5.41 Å². The van der Waals surface area contributed by atoms with Crippen molar-refractivity contribution in [2.24, 2.45) is 0 Å². The predicted octanol–water partition coefficient (Wildman–Crippen LogP) is 10.2. The van der Waals surface area contributed by atoms with Gasteiger partial charge in [0.15, 0.2) is 0 Å². The van der Waals surface area contributed by atoms with Crippen LogP contribution in [0, 0.1) is 0 Å². The van der Waals surface area contributed by atoms with Crippen molar-refractivity contribution in [2.45, 2.75) is 5.41 Å². The van der Waals surface area contributed by atoms with Gasteiger partial charge in [-0.3, -0.25) is 0 Å². The summed E-state index contributed by atoms with van der Waals surface area (Å²) in [6.45, 7) is 0. The minimum Gasteiger partial charge on any atom is -0.455 e. The van der Waals surface area contributed by atoms with Gasteiger partial charge in [-0.25, -0.2) is 0 Å². The van der Waals surface area contributed by atoms with Gasteiger partial charge < -0.3 is 4.42 Å². The van der Waals surface area contributed by atoms with Gasteiger partial charge in [0, 0.05) is 16.3 Å². The van der Waals surface area contributed by atoms with Gasteiger partial charge in [0.25, 0.3) is 0 Å². The van der Waals surface area contributed by atoms with Crippen molar-refractivity contribution >= 4 is 33.5 Å². The van der Waals surface area contributed by atoms with Crippen LogP contribution in [0.1, 0.15) is 22.3 Å². The first-order valence-electron chi connectivity index (χ1n) is 13.3. The Balaban J connectivity index is 1.56.